The molecule has 238 valence electrons. The molecule has 5 rings (SSSR count). The Kier molecular flexibility index (Phi) is 12.7. The molecule has 2 aromatic carbocycles. The van der Waals surface area contributed by atoms with E-state index < -0.39 is 5.60 Å². The van der Waals surface area contributed by atoms with Crippen molar-refractivity contribution in [1.29, 1.82) is 0 Å². The van der Waals surface area contributed by atoms with Crippen LogP contribution < -0.4 is 5.32 Å². The number of unbranched alkanes of at least 4 members (excludes halogenated alkanes) is 5. The molecular formula is C37H52N4O2S. The van der Waals surface area contributed by atoms with Gasteiger partial charge in [-0.3, -0.25) is 5.32 Å². The van der Waals surface area contributed by atoms with Crippen molar-refractivity contribution < 1.29 is 9.53 Å². The van der Waals surface area contributed by atoms with E-state index in [1.807, 2.05) is 53.8 Å². The third kappa shape index (κ3) is 10.4. The third-order valence-corrected chi connectivity index (χ3v) is 10.4. The summed E-state index contributed by atoms with van der Waals surface area (Å²) in [6, 6.07) is 22.5. The zero-order chi connectivity index (χ0) is 30.5. The van der Waals surface area contributed by atoms with Gasteiger partial charge in [0.1, 0.15) is 5.60 Å². The van der Waals surface area contributed by atoms with Gasteiger partial charge in [0.15, 0.2) is 0 Å². The summed E-state index contributed by atoms with van der Waals surface area (Å²) < 4.78 is 5.99. The van der Waals surface area contributed by atoms with Crippen LogP contribution in [0.25, 0.3) is 11.1 Å². The minimum absolute atomic E-state index is 0.364. The number of para-hydroxylation sites is 1. The summed E-state index contributed by atoms with van der Waals surface area (Å²) >= 11 is 1.88. The number of anilines is 1. The molecular weight excluding hydrogens is 565 g/mol. The van der Waals surface area contributed by atoms with E-state index in [0.29, 0.717) is 0 Å². The van der Waals surface area contributed by atoms with Crippen molar-refractivity contribution in [1.82, 2.24) is 14.7 Å². The maximum Gasteiger partial charge on any atom is 0.412 e. The second-order valence-electron chi connectivity index (χ2n) is 12.9. The molecule has 0 spiro atoms. The minimum Gasteiger partial charge on any atom is -0.443 e. The van der Waals surface area contributed by atoms with E-state index in [2.05, 4.69) is 56.6 Å². The Bertz CT molecular complexity index is 1240. The lowest BCUT2D eigenvalue weighted by molar-refractivity contribution is -0.0163. The maximum absolute atomic E-state index is 12.9. The van der Waals surface area contributed by atoms with Gasteiger partial charge in [0.05, 0.1) is 5.69 Å². The Morgan fingerprint density at radius 1 is 0.727 bits per heavy atom. The highest BCUT2D eigenvalue weighted by Gasteiger charge is 2.33. The minimum atomic E-state index is -0.418. The van der Waals surface area contributed by atoms with Crippen LogP contribution in [-0.2, 0) is 11.2 Å². The van der Waals surface area contributed by atoms with Crippen LogP contribution in [0.3, 0.4) is 0 Å². The molecule has 3 aromatic rings. The second kappa shape index (κ2) is 17.1. The average Bonchev–Trinajstić information content (AvgIpc) is 3.57. The molecule has 6 nitrogen and oxygen atoms in total. The SMILES string of the molecule is CC1(OC(=O)Nc2ccccc2-c2ccccc2)CCN(CCCCCCCCN2CCN(CCc3cccs3)CC2)CC1. The third-order valence-electron chi connectivity index (χ3n) is 9.42. The number of carbonyl (C=O) groups is 1. The number of rotatable bonds is 15. The van der Waals surface area contributed by atoms with Crippen molar-refractivity contribution in [3.63, 3.8) is 0 Å². The van der Waals surface area contributed by atoms with Gasteiger partial charge in [0.25, 0.3) is 0 Å². The summed E-state index contributed by atoms with van der Waals surface area (Å²) in [5.74, 6) is 0. The monoisotopic (exact) mass is 616 g/mol. The first-order valence-corrected chi connectivity index (χ1v) is 17.8. The summed E-state index contributed by atoms with van der Waals surface area (Å²) in [6.45, 7) is 12.6. The molecule has 44 heavy (non-hydrogen) atoms. The predicted octanol–water partition coefficient (Wildman–Crippen LogP) is 8.02. The van der Waals surface area contributed by atoms with Crippen LogP contribution in [-0.4, -0.2) is 85.3 Å². The molecule has 0 aliphatic carbocycles. The van der Waals surface area contributed by atoms with Crippen LogP contribution in [0.2, 0.25) is 0 Å². The van der Waals surface area contributed by atoms with Gasteiger partial charge in [-0.15, -0.1) is 11.3 Å². The van der Waals surface area contributed by atoms with Crippen molar-refractivity contribution in [3.05, 3.63) is 77.0 Å². The molecule has 0 radical (unpaired) electrons. The number of carbonyl (C=O) groups excluding carboxylic acids is 1. The van der Waals surface area contributed by atoms with E-state index in [1.54, 1.807) is 0 Å². The molecule has 3 heterocycles. The lowest BCUT2D eigenvalue weighted by Crippen LogP contribution is -2.47. The van der Waals surface area contributed by atoms with E-state index in [9.17, 15) is 4.79 Å². The Morgan fingerprint density at radius 3 is 1.98 bits per heavy atom. The number of ether oxygens (including phenoxy) is 1. The first kappa shape index (κ1) is 32.7. The van der Waals surface area contributed by atoms with Crippen LogP contribution in [0.4, 0.5) is 10.5 Å². The molecule has 1 N–H and O–H groups in total. The first-order valence-electron chi connectivity index (χ1n) is 16.9. The van der Waals surface area contributed by atoms with Gasteiger partial charge in [0, 0.05) is 56.3 Å². The van der Waals surface area contributed by atoms with Crippen molar-refractivity contribution in [2.24, 2.45) is 0 Å². The molecule has 1 amide bonds. The number of nitrogens with zero attached hydrogens (tertiary/aromatic N) is 3. The molecule has 2 aliphatic rings. The van der Waals surface area contributed by atoms with Crippen molar-refractivity contribution in [2.45, 2.75) is 70.3 Å². The highest BCUT2D eigenvalue weighted by Crippen LogP contribution is 2.30. The number of nitrogens with one attached hydrogen (secondary N) is 1. The zero-order valence-electron chi connectivity index (χ0n) is 26.7. The molecule has 2 saturated heterocycles. The highest BCUT2D eigenvalue weighted by atomic mass is 32.1. The van der Waals surface area contributed by atoms with Gasteiger partial charge in [-0.1, -0.05) is 80.3 Å². The lowest BCUT2D eigenvalue weighted by Gasteiger charge is -2.38. The van der Waals surface area contributed by atoms with E-state index in [4.69, 9.17) is 4.74 Å². The molecule has 1 aromatic heterocycles. The van der Waals surface area contributed by atoms with Gasteiger partial charge < -0.3 is 19.4 Å². The topological polar surface area (TPSA) is 48.1 Å². The summed E-state index contributed by atoms with van der Waals surface area (Å²) in [5, 5.41) is 5.19. The Morgan fingerprint density at radius 2 is 1.32 bits per heavy atom. The number of piperazine rings is 1. The highest BCUT2D eigenvalue weighted by molar-refractivity contribution is 7.09. The number of amides is 1. The number of piperidine rings is 1. The lowest BCUT2D eigenvalue weighted by atomic mass is 9.93. The fourth-order valence-corrected chi connectivity index (χ4v) is 7.21. The van der Waals surface area contributed by atoms with Crippen molar-refractivity contribution >= 4 is 23.1 Å². The summed E-state index contributed by atoms with van der Waals surface area (Å²) in [4.78, 5) is 22.3. The van der Waals surface area contributed by atoms with Gasteiger partial charge in [0.2, 0.25) is 0 Å². The molecule has 2 fully saturated rings. The summed E-state index contributed by atoms with van der Waals surface area (Å²) in [7, 11) is 0. The normalized spacial score (nSPS) is 17.8. The Balaban J connectivity index is 0.881. The van der Waals surface area contributed by atoms with Gasteiger partial charge in [-0.2, -0.15) is 0 Å². The van der Waals surface area contributed by atoms with Crippen molar-refractivity contribution in [2.75, 3.05) is 64.2 Å². The van der Waals surface area contributed by atoms with Gasteiger partial charge >= 0.3 is 6.09 Å². The molecule has 7 heteroatoms. The molecule has 0 atom stereocenters. The quantitative estimate of drug-likeness (QED) is 0.175. The zero-order valence-corrected chi connectivity index (χ0v) is 27.5. The fraction of sp³-hybridized carbons (Fsp3) is 0.541. The van der Waals surface area contributed by atoms with Crippen LogP contribution in [0, 0.1) is 0 Å². The molecule has 0 unspecified atom stereocenters. The van der Waals surface area contributed by atoms with E-state index in [-0.39, 0.29) is 6.09 Å². The first-order chi connectivity index (χ1) is 21.6. The van der Waals surface area contributed by atoms with E-state index in [0.717, 1.165) is 49.3 Å². The second-order valence-corrected chi connectivity index (χ2v) is 13.9. The predicted molar refractivity (Wildman–Crippen MR) is 185 cm³/mol. The molecule has 2 aliphatic heterocycles. The maximum atomic E-state index is 12.9. The number of likely N-dealkylation sites (tertiary alicyclic amines) is 1. The number of hydrogen-bond donors (Lipinski definition) is 1. The van der Waals surface area contributed by atoms with E-state index >= 15 is 0 Å². The smallest absolute Gasteiger partial charge is 0.412 e. The van der Waals surface area contributed by atoms with Crippen LogP contribution >= 0.6 is 11.3 Å². The Hall–Kier alpha value is -2.71. The largest absolute Gasteiger partial charge is 0.443 e. The van der Waals surface area contributed by atoms with Gasteiger partial charge in [-0.25, -0.2) is 4.79 Å². The number of thiophene rings is 1. The number of benzene rings is 2. The van der Waals surface area contributed by atoms with Crippen LogP contribution in [0.5, 0.6) is 0 Å². The van der Waals surface area contributed by atoms with E-state index in [1.165, 1.54) is 89.1 Å². The molecule has 0 bridgehead atoms. The van der Waals surface area contributed by atoms with Gasteiger partial charge in [-0.05, 0) is 75.2 Å². The molecule has 0 saturated carbocycles. The average molecular weight is 617 g/mol. The van der Waals surface area contributed by atoms with Crippen LogP contribution in [0.15, 0.2) is 72.1 Å². The Labute approximate surface area is 269 Å². The van der Waals surface area contributed by atoms with Crippen molar-refractivity contribution in [3.8, 4) is 11.1 Å². The summed E-state index contributed by atoms with van der Waals surface area (Å²) in [5.41, 5.74) is 2.44. The summed E-state index contributed by atoms with van der Waals surface area (Å²) in [6.07, 6.45) is 10.6. The number of hydrogen-bond acceptors (Lipinski definition) is 6. The fourth-order valence-electron chi connectivity index (χ4n) is 6.51. The van der Waals surface area contributed by atoms with Crippen LogP contribution in [0.1, 0.15) is 63.2 Å². The standard InChI is InChI=1S/C37H52N4O2S/c1-37(43-36(42)38-35-18-10-9-17-34(35)32-14-7-6-8-15-32)20-25-39(26-21-37)22-11-4-2-3-5-12-23-40-27-29-41(30-28-40)24-19-33-16-13-31-44-33/h6-10,13-18,31H,2-5,11-12,19-30H2,1H3,(H,38,42).